The lowest BCUT2D eigenvalue weighted by atomic mass is 10.1. The Morgan fingerprint density at radius 2 is 0.885 bits per heavy atom. The van der Waals surface area contributed by atoms with Crippen molar-refractivity contribution in [1.82, 2.24) is 0 Å². The Morgan fingerprint density at radius 1 is 0.500 bits per heavy atom. The Hall–Kier alpha value is -0.530. The first-order valence-electron chi connectivity index (χ1n) is 22.1. The molecule has 0 amide bonds. The number of phosphoric acid groups is 1. The lowest BCUT2D eigenvalue weighted by Gasteiger charge is -2.24. The average molecular weight is 759 g/mol. The summed E-state index contributed by atoms with van der Waals surface area (Å²) in [6.07, 6.45) is 44.9. The van der Waals surface area contributed by atoms with Crippen LogP contribution in [0.1, 0.15) is 194 Å². The summed E-state index contributed by atoms with van der Waals surface area (Å²) in [5.74, 6) is 0. The molecule has 0 bridgehead atoms. The fraction of sp³-hybridized carbons (Fsp3) is 0.909. The maximum atomic E-state index is 12.5. The van der Waals surface area contributed by atoms with Gasteiger partial charge in [0, 0.05) is 13.2 Å². The number of likely N-dealkylation sites (N-methyl/N-ethyl adjacent to an activating group) is 1. The molecule has 0 fully saturated rings. The first-order chi connectivity index (χ1) is 25.2. The van der Waals surface area contributed by atoms with Crippen molar-refractivity contribution < 1.29 is 32.5 Å². The maximum Gasteiger partial charge on any atom is 0.472 e. The second-order valence-corrected chi connectivity index (χ2v) is 17.5. The minimum atomic E-state index is -4.14. The number of quaternary nitrogens is 1. The van der Waals surface area contributed by atoms with Gasteiger partial charge in [0.25, 0.3) is 0 Å². The first-order valence-corrected chi connectivity index (χ1v) is 23.6. The predicted octanol–water partition coefficient (Wildman–Crippen LogP) is 13.3. The van der Waals surface area contributed by atoms with E-state index >= 15 is 0 Å². The van der Waals surface area contributed by atoms with Gasteiger partial charge in [0.15, 0.2) is 0 Å². The maximum absolute atomic E-state index is 12.5. The highest BCUT2D eigenvalue weighted by Crippen LogP contribution is 2.43. The Bertz CT molecular complexity index is 830. The summed E-state index contributed by atoms with van der Waals surface area (Å²) in [6.45, 7) is 6.93. The summed E-state index contributed by atoms with van der Waals surface area (Å²) in [5, 5.41) is 0. The smallest absolute Gasteiger partial charge is 0.379 e. The molecule has 0 saturated heterocycles. The van der Waals surface area contributed by atoms with Gasteiger partial charge in [0.2, 0.25) is 0 Å². The normalized spacial score (nSPS) is 14.2. The number of hydrogen-bond donors (Lipinski definition) is 1. The van der Waals surface area contributed by atoms with Crippen LogP contribution in [0.3, 0.4) is 0 Å². The Morgan fingerprint density at radius 3 is 1.31 bits per heavy atom. The van der Waals surface area contributed by atoms with Crippen molar-refractivity contribution in [1.29, 1.82) is 0 Å². The van der Waals surface area contributed by atoms with E-state index in [1.165, 1.54) is 154 Å². The van der Waals surface area contributed by atoms with Gasteiger partial charge >= 0.3 is 7.82 Å². The lowest BCUT2D eigenvalue weighted by Crippen LogP contribution is -2.37. The minimum Gasteiger partial charge on any atom is -0.379 e. The fourth-order valence-electron chi connectivity index (χ4n) is 6.05. The molecule has 52 heavy (non-hydrogen) atoms. The number of phosphoric ester groups is 1. The minimum absolute atomic E-state index is 0.0159. The van der Waals surface area contributed by atoms with Gasteiger partial charge in [0.1, 0.15) is 19.3 Å². The van der Waals surface area contributed by atoms with Crippen LogP contribution in [0.25, 0.3) is 0 Å². The van der Waals surface area contributed by atoms with Crippen LogP contribution < -0.4 is 0 Å². The number of nitrogens with zero attached hydrogens (tertiary/aromatic N) is 1. The molecule has 0 aromatic carbocycles. The van der Waals surface area contributed by atoms with Gasteiger partial charge in [-0.25, -0.2) is 4.57 Å². The van der Waals surface area contributed by atoms with Crippen LogP contribution in [0.15, 0.2) is 24.3 Å². The van der Waals surface area contributed by atoms with Crippen LogP contribution in [0.2, 0.25) is 0 Å². The SMILES string of the molecule is CCCCCCCC/C=C/CCCCCCCCOC[C@H](COP(=O)(O)OCC[N+](C)(C)C)OCCCCCCCC/C=C/CCCCCCCC. The third-order valence-corrected chi connectivity index (χ3v) is 10.5. The molecule has 310 valence electrons. The van der Waals surface area contributed by atoms with Crippen LogP contribution in [-0.4, -0.2) is 76.2 Å². The number of allylic oxidation sites excluding steroid dienone is 4. The van der Waals surface area contributed by atoms with Crippen LogP contribution >= 0.6 is 7.82 Å². The average Bonchev–Trinajstić information content (AvgIpc) is 3.10. The second kappa shape index (κ2) is 38.7. The van der Waals surface area contributed by atoms with Crippen molar-refractivity contribution in [3.63, 3.8) is 0 Å². The van der Waals surface area contributed by atoms with Crippen LogP contribution in [0, 0.1) is 0 Å². The first kappa shape index (κ1) is 51.5. The summed E-state index contributed by atoms with van der Waals surface area (Å²) >= 11 is 0. The zero-order valence-corrected chi connectivity index (χ0v) is 36.2. The monoisotopic (exact) mass is 759 g/mol. The zero-order valence-electron chi connectivity index (χ0n) is 35.3. The van der Waals surface area contributed by atoms with Crippen molar-refractivity contribution in [3.8, 4) is 0 Å². The van der Waals surface area contributed by atoms with E-state index in [9.17, 15) is 9.46 Å². The van der Waals surface area contributed by atoms with Crippen LogP contribution in [-0.2, 0) is 23.1 Å². The summed E-state index contributed by atoms with van der Waals surface area (Å²) < 4.78 is 35.7. The lowest BCUT2D eigenvalue weighted by molar-refractivity contribution is -0.870. The van der Waals surface area contributed by atoms with Crippen molar-refractivity contribution >= 4 is 7.82 Å². The van der Waals surface area contributed by atoms with E-state index < -0.39 is 7.82 Å². The van der Waals surface area contributed by atoms with E-state index in [1.54, 1.807) is 0 Å². The predicted molar refractivity (Wildman–Crippen MR) is 224 cm³/mol. The molecule has 0 spiro atoms. The molecule has 0 aliphatic heterocycles. The Kier molecular flexibility index (Phi) is 38.3. The van der Waals surface area contributed by atoms with E-state index in [0.717, 1.165) is 25.7 Å². The highest BCUT2D eigenvalue weighted by atomic mass is 31.2. The molecule has 0 heterocycles. The largest absolute Gasteiger partial charge is 0.472 e. The van der Waals surface area contributed by atoms with Crippen molar-refractivity contribution in [2.24, 2.45) is 0 Å². The van der Waals surface area contributed by atoms with Gasteiger partial charge in [-0.2, -0.15) is 0 Å². The molecular formula is C44H89NO6P+. The van der Waals surface area contributed by atoms with E-state index in [2.05, 4.69) is 38.2 Å². The molecular weight excluding hydrogens is 669 g/mol. The van der Waals surface area contributed by atoms with Crippen LogP contribution in [0.4, 0.5) is 0 Å². The molecule has 0 aliphatic carbocycles. The van der Waals surface area contributed by atoms with Gasteiger partial charge < -0.3 is 18.9 Å². The summed E-state index contributed by atoms with van der Waals surface area (Å²) in [5.41, 5.74) is 0. The number of ether oxygens (including phenoxy) is 2. The van der Waals surface area contributed by atoms with Gasteiger partial charge in [-0.3, -0.25) is 9.05 Å². The molecule has 0 aromatic heterocycles. The van der Waals surface area contributed by atoms with Gasteiger partial charge in [-0.05, 0) is 64.2 Å². The second-order valence-electron chi connectivity index (χ2n) is 16.1. The molecule has 1 N–H and O–H groups in total. The van der Waals surface area contributed by atoms with Crippen molar-refractivity contribution in [2.75, 3.05) is 60.7 Å². The highest BCUT2D eigenvalue weighted by molar-refractivity contribution is 7.47. The molecule has 8 heteroatoms. The van der Waals surface area contributed by atoms with Gasteiger partial charge in [-0.15, -0.1) is 0 Å². The topological polar surface area (TPSA) is 74.2 Å². The van der Waals surface area contributed by atoms with E-state index in [1.807, 2.05) is 21.1 Å². The van der Waals surface area contributed by atoms with Gasteiger partial charge in [-0.1, -0.05) is 154 Å². The number of rotatable bonds is 42. The van der Waals surface area contributed by atoms with Crippen molar-refractivity contribution in [2.45, 2.75) is 200 Å². The summed E-state index contributed by atoms with van der Waals surface area (Å²) in [4.78, 5) is 10.2. The molecule has 7 nitrogen and oxygen atoms in total. The third-order valence-electron chi connectivity index (χ3n) is 9.55. The standard InChI is InChI=1S/C44H88NO6P/c1-6-8-10-12-14-16-18-20-22-24-26-28-30-32-34-36-39-48-42-44(43-51-52(46,47)50-41-38-45(3,4)5)49-40-37-35-33-31-29-27-25-23-21-19-17-15-13-11-9-7-2/h20-23,44H,6-19,24-43H2,1-5H3/p+1/b22-20+,23-21+/t44-/m1/s1. The third kappa shape index (κ3) is 42.2. The molecule has 0 radical (unpaired) electrons. The molecule has 0 aromatic rings. The fourth-order valence-corrected chi connectivity index (χ4v) is 6.80. The molecule has 1 unspecified atom stereocenters. The van der Waals surface area contributed by atoms with E-state index in [-0.39, 0.29) is 19.3 Å². The molecule has 0 saturated carbocycles. The Labute approximate surface area is 324 Å². The van der Waals surface area contributed by atoms with E-state index in [4.69, 9.17) is 18.5 Å². The summed E-state index contributed by atoms with van der Waals surface area (Å²) in [6, 6.07) is 0. The van der Waals surface area contributed by atoms with Crippen LogP contribution in [0.5, 0.6) is 0 Å². The molecule has 0 rings (SSSR count). The highest BCUT2D eigenvalue weighted by Gasteiger charge is 2.25. The molecule has 2 atom stereocenters. The molecule has 0 aliphatic rings. The van der Waals surface area contributed by atoms with E-state index in [0.29, 0.717) is 30.8 Å². The van der Waals surface area contributed by atoms with Crippen molar-refractivity contribution in [3.05, 3.63) is 24.3 Å². The number of hydrogen-bond acceptors (Lipinski definition) is 5. The quantitative estimate of drug-likeness (QED) is 0.0289. The zero-order chi connectivity index (χ0) is 38.3. The van der Waals surface area contributed by atoms with Gasteiger partial charge in [0.05, 0.1) is 34.4 Å². The Balaban J connectivity index is 4.11. The summed E-state index contributed by atoms with van der Waals surface area (Å²) in [7, 11) is 1.90. The number of unbranched alkanes of at least 4 members (excludes halogenated alkanes) is 24.